The highest BCUT2D eigenvalue weighted by Crippen LogP contribution is 2.36. The highest BCUT2D eigenvalue weighted by atomic mass is 32.1. The third kappa shape index (κ3) is 8.21. The third-order valence-corrected chi connectivity index (χ3v) is 10.7. The number of thiazole rings is 1. The minimum absolute atomic E-state index is 0.0566. The summed E-state index contributed by atoms with van der Waals surface area (Å²) in [5.41, 5.74) is 6.66. The van der Waals surface area contributed by atoms with Gasteiger partial charge in [0.25, 0.3) is 5.91 Å². The fraction of sp³-hybridized carbons (Fsp3) is 0.317. The van der Waals surface area contributed by atoms with Crippen molar-refractivity contribution in [2.24, 2.45) is 0 Å². The molecule has 0 spiro atoms. The Labute approximate surface area is 317 Å². The van der Waals surface area contributed by atoms with E-state index in [1.165, 1.54) is 4.90 Å². The van der Waals surface area contributed by atoms with Crippen molar-refractivity contribution in [3.8, 4) is 33.2 Å². The minimum Gasteiger partial charge on any atom is -0.494 e. The second-order valence-corrected chi connectivity index (χ2v) is 14.7. The molecule has 2 aliphatic rings. The zero-order chi connectivity index (χ0) is 37.8. The van der Waals surface area contributed by atoms with Crippen LogP contribution in [0.3, 0.4) is 0 Å². The van der Waals surface area contributed by atoms with E-state index in [1.54, 1.807) is 29.5 Å². The van der Waals surface area contributed by atoms with E-state index in [0.29, 0.717) is 43.7 Å². The molecule has 2 aromatic heterocycles. The Hall–Kier alpha value is -5.82. The van der Waals surface area contributed by atoms with Gasteiger partial charge < -0.3 is 24.6 Å². The molecule has 1 atom stereocenters. The molecule has 4 heterocycles. The molecule has 1 saturated heterocycles. The van der Waals surface area contributed by atoms with Gasteiger partial charge in [-0.2, -0.15) is 0 Å². The lowest BCUT2D eigenvalue weighted by Crippen LogP contribution is -2.52. The van der Waals surface area contributed by atoms with Crippen LogP contribution >= 0.6 is 11.3 Å². The van der Waals surface area contributed by atoms with E-state index in [-0.39, 0.29) is 37.3 Å². The Morgan fingerprint density at radius 2 is 1.72 bits per heavy atom. The van der Waals surface area contributed by atoms with Gasteiger partial charge in [0.2, 0.25) is 17.7 Å². The number of unbranched alkanes of at least 4 members (excludes halogenated alkanes) is 1. The van der Waals surface area contributed by atoms with Crippen LogP contribution in [0.15, 0.2) is 72.9 Å². The third-order valence-electron chi connectivity index (χ3n) is 9.61. The molecule has 0 radical (unpaired) electrons. The molecule has 54 heavy (non-hydrogen) atoms. The van der Waals surface area contributed by atoms with E-state index >= 15 is 0 Å². The second kappa shape index (κ2) is 16.0. The second-order valence-electron chi connectivity index (χ2n) is 13.7. The number of anilines is 1. The molecule has 0 bridgehead atoms. The molecule has 12 nitrogen and oxygen atoms in total. The number of imide groups is 1. The number of nitrogens with zero attached hydrogens (tertiary/aromatic N) is 4. The number of hydrogen-bond acceptors (Lipinski definition) is 10. The van der Waals surface area contributed by atoms with Crippen LogP contribution in [0.25, 0.3) is 31.9 Å². The molecule has 2 N–H and O–H groups in total. The number of rotatable bonds is 14. The molecule has 2 aliphatic heterocycles. The number of ether oxygens (including phenoxy) is 2. The van der Waals surface area contributed by atoms with Gasteiger partial charge in [0.1, 0.15) is 35.0 Å². The number of fused-ring (bicyclic) bond motifs is 2. The SMILES string of the molecule is Cc1cc(-c2ccc(N(C)C)nc2)ccc1-c1nc2ccc(OCCCCC(=O)NCCOc3ccc4c(c3)CN(C3CCC(=O)NC3=O)C4=O)cc2s1. The number of aromatic nitrogens is 2. The molecule has 13 heteroatoms. The highest BCUT2D eigenvalue weighted by molar-refractivity contribution is 7.21. The molecule has 1 unspecified atom stereocenters. The summed E-state index contributed by atoms with van der Waals surface area (Å²) in [7, 11) is 3.96. The first kappa shape index (κ1) is 36.5. The van der Waals surface area contributed by atoms with Crippen LogP contribution in [0.5, 0.6) is 11.5 Å². The maximum absolute atomic E-state index is 12.9. The van der Waals surface area contributed by atoms with Crippen molar-refractivity contribution in [3.63, 3.8) is 0 Å². The van der Waals surface area contributed by atoms with Gasteiger partial charge in [0.15, 0.2) is 0 Å². The summed E-state index contributed by atoms with van der Waals surface area (Å²) in [5, 5.41) is 6.16. The Morgan fingerprint density at radius 3 is 2.50 bits per heavy atom. The Kier molecular flexibility index (Phi) is 10.9. The van der Waals surface area contributed by atoms with Crippen LogP contribution in [0.1, 0.15) is 53.6 Å². The summed E-state index contributed by atoms with van der Waals surface area (Å²) in [6.45, 7) is 3.50. The van der Waals surface area contributed by atoms with E-state index in [2.05, 4.69) is 46.8 Å². The lowest BCUT2D eigenvalue weighted by Gasteiger charge is -2.29. The number of carbonyl (C=O) groups is 4. The quantitative estimate of drug-likeness (QED) is 0.105. The summed E-state index contributed by atoms with van der Waals surface area (Å²) < 4.78 is 12.9. The average Bonchev–Trinajstić information content (AvgIpc) is 3.73. The van der Waals surface area contributed by atoms with Gasteiger partial charge >= 0.3 is 0 Å². The number of pyridine rings is 1. The van der Waals surface area contributed by atoms with Crippen LogP contribution < -0.4 is 25.0 Å². The maximum atomic E-state index is 12.9. The predicted molar refractivity (Wildman–Crippen MR) is 208 cm³/mol. The van der Waals surface area contributed by atoms with E-state index < -0.39 is 11.9 Å². The monoisotopic (exact) mass is 746 g/mol. The predicted octanol–water partition coefficient (Wildman–Crippen LogP) is 5.91. The molecular weight excluding hydrogens is 705 g/mol. The number of carbonyl (C=O) groups excluding carboxylic acids is 4. The van der Waals surface area contributed by atoms with E-state index in [0.717, 1.165) is 61.0 Å². The Balaban J connectivity index is 0.816. The lowest BCUT2D eigenvalue weighted by molar-refractivity contribution is -0.137. The van der Waals surface area contributed by atoms with Gasteiger partial charge in [0, 0.05) is 56.4 Å². The Morgan fingerprint density at radius 1 is 0.944 bits per heavy atom. The molecule has 7 rings (SSSR count). The molecule has 0 saturated carbocycles. The average molecular weight is 747 g/mol. The minimum atomic E-state index is -0.660. The summed E-state index contributed by atoms with van der Waals surface area (Å²) in [4.78, 5) is 62.0. The zero-order valence-corrected chi connectivity index (χ0v) is 31.3. The van der Waals surface area contributed by atoms with Crippen molar-refractivity contribution in [2.75, 3.05) is 38.8 Å². The van der Waals surface area contributed by atoms with Gasteiger partial charge in [-0.25, -0.2) is 9.97 Å². The number of hydrogen-bond donors (Lipinski definition) is 2. The topological polar surface area (TPSA) is 143 Å². The van der Waals surface area contributed by atoms with Crippen LogP contribution in [0.4, 0.5) is 5.82 Å². The van der Waals surface area contributed by atoms with E-state index in [1.807, 2.05) is 49.5 Å². The summed E-state index contributed by atoms with van der Waals surface area (Å²) in [6, 6.07) is 21.0. The van der Waals surface area contributed by atoms with Gasteiger partial charge in [0.05, 0.1) is 23.4 Å². The van der Waals surface area contributed by atoms with Gasteiger partial charge in [-0.1, -0.05) is 18.2 Å². The van der Waals surface area contributed by atoms with Crippen molar-refractivity contribution in [1.82, 2.24) is 25.5 Å². The molecule has 5 aromatic rings. The first-order valence-corrected chi connectivity index (χ1v) is 18.9. The number of aryl methyl sites for hydroxylation is 1. The van der Waals surface area contributed by atoms with Gasteiger partial charge in [-0.15, -0.1) is 11.3 Å². The molecular formula is C41H42N6O6S. The molecule has 3 aromatic carbocycles. The van der Waals surface area contributed by atoms with E-state index in [9.17, 15) is 19.2 Å². The lowest BCUT2D eigenvalue weighted by atomic mass is 10.0. The van der Waals surface area contributed by atoms with Crippen molar-refractivity contribution < 1.29 is 28.7 Å². The molecule has 0 aliphatic carbocycles. The summed E-state index contributed by atoms with van der Waals surface area (Å²) in [6.07, 6.45) is 4.23. The summed E-state index contributed by atoms with van der Waals surface area (Å²) >= 11 is 1.64. The first-order valence-electron chi connectivity index (χ1n) is 18.1. The van der Waals surface area contributed by atoms with Crippen molar-refractivity contribution in [1.29, 1.82) is 0 Å². The van der Waals surface area contributed by atoms with Crippen LogP contribution in [-0.4, -0.2) is 78.4 Å². The maximum Gasteiger partial charge on any atom is 0.255 e. The smallest absolute Gasteiger partial charge is 0.255 e. The zero-order valence-electron chi connectivity index (χ0n) is 30.5. The van der Waals surface area contributed by atoms with Gasteiger partial charge in [-0.05, 0) is 91.4 Å². The number of piperidine rings is 1. The Bertz CT molecular complexity index is 2220. The first-order chi connectivity index (χ1) is 26.1. The van der Waals surface area contributed by atoms with Crippen molar-refractivity contribution in [3.05, 3.63) is 89.6 Å². The number of amides is 4. The van der Waals surface area contributed by atoms with Crippen molar-refractivity contribution in [2.45, 2.75) is 51.6 Å². The fourth-order valence-electron chi connectivity index (χ4n) is 6.68. The van der Waals surface area contributed by atoms with Crippen LogP contribution in [-0.2, 0) is 20.9 Å². The van der Waals surface area contributed by atoms with E-state index in [4.69, 9.17) is 14.5 Å². The van der Waals surface area contributed by atoms with Crippen LogP contribution in [0, 0.1) is 6.92 Å². The van der Waals surface area contributed by atoms with Crippen LogP contribution in [0.2, 0.25) is 0 Å². The fourth-order valence-corrected chi connectivity index (χ4v) is 7.77. The number of nitrogens with one attached hydrogen (secondary N) is 2. The standard InChI is InChI=1S/C41H42N6O6S/c1-25-20-26(27-8-15-36(43-23-27)46(2)3)7-11-31(25)40-44-33-13-10-30(22-35(33)54-40)52-18-5-4-6-37(48)42-17-19-53-29-9-12-32-28(21-29)24-47(41(32)51)34-14-16-38(49)45-39(34)50/h7-13,15,20-23,34H,4-6,14,16-19,24H2,1-3H3,(H,42,48)(H,45,49,50). The highest BCUT2D eigenvalue weighted by Gasteiger charge is 2.39. The van der Waals surface area contributed by atoms with Crippen molar-refractivity contribution >= 4 is 51.0 Å². The van der Waals surface area contributed by atoms with Gasteiger partial charge in [-0.3, -0.25) is 24.5 Å². The summed E-state index contributed by atoms with van der Waals surface area (Å²) in [5.74, 6) is 1.24. The normalized spacial score (nSPS) is 15.3. The molecule has 1 fully saturated rings. The largest absolute Gasteiger partial charge is 0.494 e. The molecule has 278 valence electrons. The molecule has 4 amide bonds. The number of benzene rings is 3.